The zero-order valence-electron chi connectivity index (χ0n) is 15.7. The number of nitrogens with zero attached hydrogens (tertiary/aromatic N) is 4. The second-order valence-corrected chi connectivity index (χ2v) is 8.11. The maximum Gasteiger partial charge on any atom is 0.234 e. The number of benzene rings is 1. The highest BCUT2D eigenvalue weighted by molar-refractivity contribution is 7.99. The van der Waals surface area contributed by atoms with Crippen molar-refractivity contribution in [1.82, 2.24) is 14.8 Å². The Morgan fingerprint density at radius 3 is 2.62 bits per heavy atom. The standard InChI is InChI=1S/C19H27N5OS/c1-14(2)24-13-20-22-19(24)26-12-18(25)21-16-4-6-17(7-5-16)23-10-8-15(3)9-11-23/h4-7,13-15H,8-12H2,1-3H3,(H,21,25). The first-order chi connectivity index (χ1) is 12.5. The van der Waals surface area contributed by atoms with Gasteiger partial charge >= 0.3 is 0 Å². The Kier molecular flexibility index (Phi) is 6.19. The lowest BCUT2D eigenvalue weighted by Gasteiger charge is -2.32. The van der Waals surface area contributed by atoms with Gasteiger partial charge in [-0.05, 0) is 56.9 Å². The van der Waals surface area contributed by atoms with Crippen molar-refractivity contribution in [2.75, 3.05) is 29.1 Å². The fourth-order valence-electron chi connectivity index (χ4n) is 3.04. The fourth-order valence-corrected chi connectivity index (χ4v) is 3.88. The van der Waals surface area contributed by atoms with Gasteiger partial charge in [0.2, 0.25) is 5.91 Å². The average Bonchev–Trinajstić information content (AvgIpc) is 3.10. The highest BCUT2D eigenvalue weighted by atomic mass is 32.2. The van der Waals surface area contributed by atoms with E-state index < -0.39 is 0 Å². The van der Waals surface area contributed by atoms with Crippen LogP contribution in [0, 0.1) is 5.92 Å². The second kappa shape index (κ2) is 8.58. The SMILES string of the molecule is CC1CCN(c2ccc(NC(=O)CSc3nncn3C(C)C)cc2)CC1. The minimum atomic E-state index is -0.0344. The summed E-state index contributed by atoms with van der Waals surface area (Å²) in [4.78, 5) is 14.6. The quantitative estimate of drug-likeness (QED) is 0.780. The second-order valence-electron chi connectivity index (χ2n) is 7.17. The van der Waals surface area contributed by atoms with Crippen LogP contribution >= 0.6 is 11.8 Å². The molecule has 1 amide bonds. The van der Waals surface area contributed by atoms with E-state index in [1.54, 1.807) is 6.33 Å². The van der Waals surface area contributed by atoms with Crippen molar-refractivity contribution >= 4 is 29.0 Å². The molecule has 0 bridgehead atoms. The van der Waals surface area contributed by atoms with Crippen molar-refractivity contribution in [2.45, 2.75) is 44.8 Å². The summed E-state index contributed by atoms with van der Waals surface area (Å²) in [5.74, 6) is 1.11. The van der Waals surface area contributed by atoms with Gasteiger partial charge in [-0.1, -0.05) is 18.7 Å². The Hall–Kier alpha value is -2.02. The van der Waals surface area contributed by atoms with Crippen molar-refractivity contribution < 1.29 is 4.79 Å². The molecular weight excluding hydrogens is 346 g/mol. The van der Waals surface area contributed by atoms with Gasteiger partial charge in [-0.3, -0.25) is 4.79 Å². The molecule has 0 atom stereocenters. The van der Waals surface area contributed by atoms with Crippen LogP contribution in [-0.4, -0.2) is 39.5 Å². The highest BCUT2D eigenvalue weighted by Crippen LogP contribution is 2.24. The first-order valence-electron chi connectivity index (χ1n) is 9.20. The normalized spacial score (nSPS) is 15.5. The number of carbonyl (C=O) groups is 1. The predicted molar refractivity (Wildman–Crippen MR) is 107 cm³/mol. The molecule has 0 radical (unpaired) electrons. The summed E-state index contributed by atoms with van der Waals surface area (Å²) in [5, 5.41) is 11.7. The monoisotopic (exact) mass is 373 g/mol. The number of hydrogen-bond acceptors (Lipinski definition) is 5. The first-order valence-corrected chi connectivity index (χ1v) is 10.2. The molecule has 7 heteroatoms. The van der Waals surface area contributed by atoms with E-state index in [4.69, 9.17) is 0 Å². The topological polar surface area (TPSA) is 63.1 Å². The van der Waals surface area contributed by atoms with E-state index in [1.165, 1.54) is 30.3 Å². The highest BCUT2D eigenvalue weighted by Gasteiger charge is 2.16. The van der Waals surface area contributed by atoms with Crippen LogP contribution in [0.15, 0.2) is 35.7 Å². The molecule has 2 aromatic rings. The van der Waals surface area contributed by atoms with Crippen LogP contribution in [0.25, 0.3) is 0 Å². The number of carbonyl (C=O) groups excluding carboxylic acids is 1. The maximum atomic E-state index is 12.2. The number of nitrogens with one attached hydrogen (secondary N) is 1. The van der Waals surface area contributed by atoms with Crippen LogP contribution in [0.1, 0.15) is 39.7 Å². The van der Waals surface area contributed by atoms with E-state index in [2.05, 4.69) is 53.3 Å². The van der Waals surface area contributed by atoms with E-state index in [1.807, 2.05) is 16.7 Å². The molecule has 1 aliphatic heterocycles. The molecule has 3 rings (SSSR count). The fraction of sp³-hybridized carbons (Fsp3) is 0.526. The Bertz CT molecular complexity index is 720. The zero-order valence-corrected chi connectivity index (χ0v) is 16.5. The van der Waals surface area contributed by atoms with Gasteiger partial charge < -0.3 is 14.8 Å². The number of anilines is 2. The minimum absolute atomic E-state index is 0.0344. The number of amides is 1. The van der Waals surface area contributed by atoms with Gasteiger partial charge in [0.1, 0.15) is 6.33 Å². The van der Waals surface area contributed by atoms with Gasteiger partial charge in [0.25, 0.3) is 0 Å². The first kappa shape index (κ1) is 18.8. The zero-order chi connectivity index (χ0) is 18.5. The summed E-state index contributed by atoms with van der Waals surface area (Å²) in [6.07, 6.45) is 4.19. The Morgan fingerprint density at radius 2 is 1.96 bits per heavy atom. The lowest BCUT2D eigenvalue weighted by atomic mass is 9.99. The van der Waals surface area contributed by atoms with E-state index in [-0.39, 0.29) is 11.9 Å². The lowest BCUT2D eigenvalue weighted by Crippen LogP contribution is -2.32. The van der Waals surface area contributed by atoms with Crippen LogP contribution in [0.5, 0.6) is 0 Å². The molecule has 0 saturated carbocycles. The van der Waals surface area contributed by atoms with E-state index in [0.29, 0.717) is 5.75 Å². The van der Waals surface area contributed by atoms with Gasteiger partial charge in [-0.15, -0.1) is 10.2 Å². The summed E-state index contributed by atoms with van der Waals surface area (Å²) >= 11 is 1.40. The maximum absolute atomic E-state index is 12.2. The van der Waals surface area contributed by atoms with E-state index in [0.717, 1.165) is 29.9 Å². The lowest BCUT2D eigenvalue weighted by molar-refractivity contribution is -0.113. The van der Waals surface area contributed by atoms with Crippen LogP contribution in [-0.2, 0) is 4.79 Å². The molecule has 1 fully saturated rings. The summed E-state index contributed by atoms with van der Waals surface area (Å²) < 4.78 is 1.96. The molecule has 26 heavy (non-hydrogen) atoms. The summed E-state index contributed by atoms with van der Waals surface area (Å²) in [5.41, 5.74) is 2.06. The van der Waals surface area contributed by atoms with Gasteiger partial charge in [-0.25, -0.2) is 0 Å². The van der Waals surface area contributed by atoms with Crippen LogP contribution in [0.3, 0.4) is 0 Å². The van der Waals surface area contributed by atoms with Crippen LogP contribution in [0.4, 0.5) is 11.4 Å². The molecule has 1 aromatic heterocycles. The number of aromatic nitrogens is 3. The summed E-state index contributed by atoms with van der Waals surface area (Å²) in [6, 6.07) is 8.42. The molecule has 0 unspecified atom stereocenters. The molecule has 6 nitrogen and oxygen atoms in total. The number of thioether (sulfide) groups is 1. The third kappa shape index (κ3) is 4.78. The smallest absolute Gasteiger partial charge is 0.234 e. The summed E-state index contributed by atoms with van der Waals surface area (Å²) in [7, 11) is 0. The van der Waals surface area contributed by atoms with Crippen molar-refractivity contribution in [3.05, 3.63) is 30.6 Å². The molecule has 1 aromatic carbocycles. The van der Waals surface area contributed by atoms with E-state index >= 15 is 0 Å². The van der Waals surface area contributed by atoms with Gasteiger partial charge in [0.15, 0.2) is 5.16 Å². The van der Waals surface area contributed by atoms with Gasteiger partial charge in [0, 0.05) is 30.5 Å². The molecular formula is C19H27N5OS. The van der Waals surface area contributed by atoms with Gasteiger partial charge in [-0.2, -0.15) is 0 Å². The Balaban J connectivity index is 1.50. The Labute approximate surface area is 159 Å². The molecule has 0 aliphatic carbocycles. The van der Waals surface area contributed by atoms with Crippen LogP contribution < -0.4 is 10.2 Å². The third-order valence-electron chi connectivity index (χ3n) is 4.73. The largest absolute Gasteiger partial charge is 0.372 e. The minimum Gasteiger partial charge on any atom is -0.372 e. The van der Waals surface area contributed by atoms with Crippen molar-refractivity contribution in [1.29, 1.82) is 0 Å². The molecule has 1 saturated heterocycles. The number of piperidine rings is 1. The molecule has 140 valence electrons. The number of hydrogen-bond donors (Lipinski definition) is 1. The molecule has 1 N–H and O–H groups in total. The van der Waals surface area contributed by atoms with Crippen molar-refractivity contribution in [3.8, 4) is 0 Å². The Morgan fingerprint density at radius 1 is 1.27 bits per heavy atom. The molecule has 0 spiro atoms. The molecule has 1 aliphatic rings. The van der Waals surface area contributed by atoms with Gasteiger partial charge in [0.05, 0.1) is 5.75 Å². The molecule has 2 heterocycles. The summed E-state index contributed by atoms with van der Waals surface area (Å²) in [6.45, 7) is 8.67. The number of rotatable bonds is 6. The predicted octanol–water partition coefficient (Wildman–Crippen LogP) is 3.83. The van der Waals surface area contributed by atoms with Crippen molar-refractivity contribution in [3.63, 3.8) is 0 Å². The van der Waals surface area contributed by atoms with Crippen molar-refractivity contribution in [2.24, 2.45) is 5.92 Å². The average molecular weight is 374 g/mol. The third-order valence-corrected chi connectivity index (χ3v) is 5.69. The van der Waals surface area contributed by atoms with E-state index in [9.17, 15) is 4.79 Å². The van der Waals surface area contributed by atoms with Crippen LogP contribution in [0.2, 0.25) is 0 Å².